The van der Waals surface area contributed by atoms with Gasteiger partial charge < -0.3 is 10.4 Å². The molecule has 0 amide bonds. The Labute approximate surface area is 183 Å². The normalized spacial score (nSPS) is 10.3. The van der Waals surface area contributed by atoms with E-state index in [1.165, 1.54) is 24.5 Å². The number of carboxylic acid groups (broad SMARTS) is 1. The highest BCUT2D eigenvalue weighted by Crippen LogP contribution is 2.22. The molecule has 0 spiro atoms. The van der Waals surface area contributed by atoms with Crippen molar-refractivity contribution in [3.05, 3.63) is 99.9 Å². The largest absolute Gasteiger partial charge is 0.478 e. The summed E-state index contributed by atoms with van der Waals surface area (Å²) in [4.78, 5) is 11.0. The number of anilines is 1. The number of aryl methyl sites for hydroxylation is 1. The zero-order valence-corrected chi connectivity index (χ0v) is 17.8. The summed E-state index contributed by atoms with van der Waals surface area (Å²) >= 11 is 0. The minimum Gasteiger partial charge on any atom is -0.478 e. The standard InChI is InChI=1S/C27H26FNO2/c1-3-4-5-20-6-8-21(9-7-20)10-11-22-12-14-23(15-13-22)18-29-25-17-16-24(27(30)31)26(28)19(25)2/h6-9,12-17,29H,3-5,18H2,1-2H3,(H,30,31). The van der Waals surface area contributed by atoms with Crippen molar-refractivity contribution in [1.29, 1.82) is 0 Å². The van der Waals surface area contributed by atoms with E-state index >= 15 is 0 Å². The summed E-state index contributed by atoms with van der Waals surface area (Å²) < 4.78 is 14.2. The van der Waals surface area contributed by atoms with Crippen molar-refractivity contribution in [2.45, 2.75) is 39.7 Å². The summed E-state index contributed by atoms with van der Waals surface area (Å²) in [5, 5.41) is 12.2. The van der Waals surface area contributed by atoms with Crippen LogP contribution in [0, 0.1) is 24.6 Å². The first kappa shape index (κ1) is 22.1. The maximum Gasteiger partial charge on any atom is 0.338 e. The van der Waals surface area contributed by atoms with Crippen LogP contribution in [0.2, 0.25) is 0 Å². The first-order valence-corrected chi connectivity index (χ1v) is 10.4. The van der Waals surface area contributed by atoms with E-state index in [4.69, 9.17) is 5.11 Å². The zero-order valence-electron chi connectivity index (χ0n) is 17.8. The third kappa shape index (κ3) is 5.96. The van der Waals surface area contributed by atoms with Gasteiger partial charge in [-0.05, 0) is 67.3 Å². The van der Waals surface area contributed by atoms with Gasteiger partial charge in [-0.25, -0.2) is 9.18 Å². The summed E-state index contributed by atoms with van der Waals surface area (Å²) in [6, 6.07) is 19.1. The van der Waals surface area contributed by atoms with E-state index in [-0.39, 0.29) is 5.56 Å². The molecule has 31 heavy (non-hydrogen) atoms. The second-order valence-corrected chi connectivity index (χ2v) is 7.51. The molecule has 0 fully saturated rings. The van der Waals surface area contributed by atoms with Crippen molar-refractivity contribution in [3.63, 3.8) is 0 Å². The Hall–Kier alpha value is -3.58. The molecule has 0 unspecified atom stereocenters. The molecule has 0 aliphatic carbocycles. The van der Waals surface area contributed by atoms with E-state index < -0.39 is 11.8 Å². The van der Waals surface area contributed by atoms with Crippen LogP contribution in [0.5, 0.6) is 0 Å². The summed E-state index contributed by atoms with van der Waals surface area (Å²) in [5.74, 6) is 4.40. The van der Waals surface area contributed by atoms with Crippen molar-refractivity contribution in [3.8, 4) is 11.8 Å². The molecule has 0 bridgehead atoms. The molecule has 3 rings (SSSR count). The molecule has 158 valence electrons. The van der Waals surface area contributed by atoms with Gasteiger partial charge in [0.2, 0.25) is 0 Å². The van der Waals surface area contributed by atoms with Crippen LogP contribution >= 0.6 is 0 Å². The van der Waals surface area contributed by atoms with Gasteiger partial charge in [0.1, 0.15) is 5.82 Å². The SMILES string of the molecule is CCCCc1ccc(C#Cc2ccc(CNc3ccc(C(=O)O)c(F)c3C)cc2)cc1. The molecule has 0 saturated heterocycles. The van der Waals surface area contributed by atoms with Gasteiger partial charge in [0, 0.05) is 28.9 Å². The van der Waals surface area contributed by atoms with Gasteiger partial charge in [-0.15, -0.1) is 0 Å². The van der Waals surface area contributed by atoms with E-state index in [9.17, 15) is 9.18 Å². The molecule has 3 nitrogen and oxygen atoms in total. The molecule has 0 aromatic heterocycles. The maximum absolute atomic E-state index is 14.2. The van der Waals surface area contributed by atoms with Gasteiger partial charge in [0.05, 0.1) is 5.56 Å². The van der Waals surface area contributed by atoms with Crippen LogP contribution in [0.1, 0.15) is 57.9 Å². The van der Waals surface area contributed by atoms with Crippen LogP contribution in [-0.4, -0.2) is 11.1 Å². The second kappa shape index (κ2) is 10.4. The summed E-state index contributed by atoms with van der Waals surface area (Å²) in [6.07, 6.45) is 3.50. The number of carbonyl (C=O) groups is 1. The Morgan fingerprint density at radius 3 is 2.06 bits per heavy atom. The van der Waals surface area contributed by atoms with Crippen molar-refractivity contribution >= 4 is 11.7 Å². The third-order valence-electron chi connectivity index (χ3n) is 5.18. The van der Waals surface area contributed by atoms with Crippen LogP contribution in [0.25, 0.3) is 0 Å². The quantitative estimate of drug-likeness (QED) is 0.453. The fourth-order valence-corrected chi connectivity index (χ4v) is 3.22. The molecule has 0 saturated carbocycles. The predicted molar refractivity (Wildman–Crippen MR) is 123 cm³/mol. The maximum atomic E-state index is 14.2. The molecule has 0 radical (unpaired) electrons. The first-order chi connectivity index (χ1) is 15.0. The first-order valence-electron chi connectivity index (χ1n) is 10.4. The molecule has 3 aromatic rings. The van der Waals surface area contributed by atoms with Gasteiger partial charge in [-0.3, -0.25) is 0 Å². The lowest BCUT2D eigenvalue weighted by Gasteiger charge is -2.11. The lowest BCUT2D eigenvalue weighted by Crippen LogP contribution is -2.06. The van der Waals surface area contributed by atoms with Gasteiger partial charge in [0.15, 0.2) is 0 Å². The fourth-order valence-electron chi connectivity index (χ4n) is 3.22. The molecule has 0 atom stereocenters. The Balaban J connectivity index is 1.61. The molecule has 0 aliphatic rings. The highest BCUT2D eigenvalue weighted by molar-refractivity contribution is 5.89. The Kier molecular flexibility index (Phi) is 7.45. The Morgan fingerprint density at radius 2 is 1.52 bits per heavy atom. The molecular weight excluding hydrogens is 389 g/mol. The number of unbranched alkanes of at least 4 members (excludes halogenated alkanes) is 1. The lowest BCUT2D eigenvalue weighted by atomic mass is 10.1. The topological polar surface area (TPSA) is 49.3 Å². The van der Waals surface area contributed by atoms with Crippen LogP contribution < -0.4 is 5.32 Å². The van der Waals surface area contributed by atoms with Crippen molar-refractivity contribution < 1.29 is 14.3 Å². The lowest BCUT2D eigenvalue weighted by molar-refractivity contribution is 0.0691. The average Bonchev–Trinajstić information content (AvgIpc) is 2.78. The molecule has 2 N–H and O–H groups in total. The van der Waals surface area contributed by atoms with Gasteiger partial charge >= 0.3 is 5.97 Å². The average molecular weight is 416 g/mol. The number of carboxylic acids is 1. The van der Waals surface area contributed by atoms with Crippen LogP contribution in [0.4, 0.5) is 10.1 Å². The van der Waals surface area contributed by atoms with Crippen LogP contribution in [0.15, 0.2) is 60.7 Å². The summed E-state index contributed by atoms with van der Waals surface area (Å²) in [5.41, 5.74) is 4.84. The van der Waals surface area contributed by atoms with Gasteiger partial charge in [0.25, 0.3) is 0 Å². The van der Waals surface area contributed by atoms with Crippen molar-refractivity contribution in [2.24, 2.45) is 0 Å². The van der Waals surface area contributed by atoms with Gasteiger partial charge in [-0.2, -0.15) is 0 Å². The molecule has 0 aliphatic heterocycles. The summed E-state index contributed by atoms with van der Waals surface area (Å²) in [6.45, 7) is 4.26. The minimum absolute atomic E-state index is 0.295. The predicted octanol–water partition coefficient (Wildman–Crippen LogP) is 6.19. The number of benzene rings is 3. The Morgan fingerprint density at radius 1 is 0.935 bits per heavy atom. The number of rotatable bonds is 7. The highest BCUT2D eigenvalue weighted by Gasteiger charge is 2.14. The number of aromatic carboxylic acids is 1. The number of halogens is 1. The number of hydrogen-bond acceptors (Lipinski definition) is 2. The van der Waals surface area contributed by atoms with E-state index in [0.29, 0.717) is 17.8 Å². The number of hydrogen-bond donors (Lipinski definition) is 2. The van der Waals surface area contributed by atoms with Crippen LogP contribution in [-0.2, 0) is 13.0 Å². The van der Waals surface area contributed by atoms with Crippen molar-refractivity contribution in [1.82, 2.24) is 0 Å². The number of nitrogens with one attached hydrogen (secondary N) is 1. The Bertz CT molecular complexity index is 1110. The summed E-state index contributed by atoms with van der Waals surface area (Å²) in [7, 11) is 0. The van der Waals surface area contributed by atoms with E-state index in [1.54, 1.807) is 13.0 Å². The highest BCUT2D eigenvalue weighted by atomic mass is 19.1. The fraction of sp³-hybridized carbons (Fsp3) is 0.222. The monoisotopic (exact) mass is 415 g/mol. The van der Waals surface area contributed by atoms with E-state index in [1.807, 2.05) is 24.3 Å². The zero-order chi connectivity index (χ0) is 22.2. The van der Waals surface area contributed by atoms with E-state index in [2.05, 4.69) is 48.3 Å². The third-order valence-corrected chi connectivity index (χ3v) is 5.18. The molecule has 4 heteroatoms. The smallest absolute Gasteiger partial charge is 0.338 e. The second-order valence-electron chi connectivity index (χ2n) is 7.51. The van der Waals surface area contributed by atoms with Crippen LogP contribution in [0.3, 0.4) is 0 Å². The van der Waals surface area contributed by atoms with E-state index in [0.717, 1.165) is 23.1 Å². The van der Waals surface area contributed by atoms with Gasteiger partial charge in [-0.1, -0.05) is 49.5 Å². The molecule has 0 heterocycles. The van der Waals surface area contributed by atoms with Crippen molar-refractivity contribution in [2.75, 3.05) is 5.32 Å². The molecule has 3 aromatic carbocycles. The minimum atomic E-state index is -1.27. The molecular formula is C27H26FNO2.